The van der Waals surface area contributed by atoms with E-state index in [1.165, 1.54) is 19.2 Å². The maximum absolute atomic E-state index is 12.1. The second-order valence-corrected chi connectivity index (χ2v) is 3.27. The third kappa shape index (κ3) is 3.83. The highest BCUT2D eigenvalue weighted by Gasteiger charge is 2.17. The Balaban J connectivity index is 0.00000256. The molecule has 1 rings (SSSR count). The minimum Gasteiger partial charge on any atom is -0.490 e. The summed E-state index contributed by atoms with van der Waals surface area (Å²) >= 11 is 0. The van der Waals surface area contributed by atoms with E-state index >= 15 is 0 Å². The van der Waals surface area contributed by atoms with Crippen molar-refractivity contribution in [3.05, 3.63) is 33.9 Å². The molecular formula is C10H14ClFN2O3. The van der Waals surface area contributed by atoms with Crippen molar-refractivity contribution in [3.8, 4) is 5.75 Å². The molecule has 0 aliphatic carbocycles. The summed E-state index contributed by atoms with van der Waals surface area (Å²) in [6.07, 6.45) is 0.142. The van der Waals surface area contributed by atoms with Gasteiger partial charge in [-0.25, -0.2) is 0 Å². The molecule has 0 radical (unpaired) electrons. The highest BCUT2D eigenvalue weighted by molar-refractivity contribution is 5.85. The average Bonchev–Trinajstić information content (AvgIpc) is 2.28. The molecule has 0 saturated heterocycles. The van der Waals surface area contributed by atoms with E-state index in [1.54, 1.807) is 6.07 Å². The van der Waals surface area contributed by atoms with E-state index in [4.69, 9.17) is 10.5 Å². The molecule has 7 heteroatoms. The van der Waals surface area contributed by atoms with Gasteiger partial charge in [0, 0.05) is 12.1 Å². The van der Waals surface area contributed by atoms with Gasteiger partial charge in [-0.1, -0.05) is 6.07 Å². The quantitative estimate of drug-likeness (QED) is 0.654. The normalized spacial score (nSPS) is 11.5. The summed E-state index contributed by atoms with van der Waals surface area (Å²) < 4.78 is 16.9. The SMILES string of the molecule is COc1ccc([C@H](N)CCF)cc1[N+](=O)[O-].Cl. The highest BCUT2D eigenvalue weighted by atomic mass is 35.5. The zero-order valence-electron chi connectivity index (χ0n) is 9.26. The number of nitrogens with two attached hydrogens (primary N) is 1. The monoisotopic (exact) mass is 264 g/mol. The molecule has 1 aromatic carbocycles. The van der Waals surface area contributed by atoms with Crippen LogP contribution in [0.1, 0.15) is 18.0 Å². The van der Waals surface area contributed by atoms with Crippen molar-refractivity contribution in [2.45, 2.75) is 12.5 Å². The molecule has 0 saturated carbocycles. The van der Waals surface area contributed by atoms with E-state index in [0.29, 0.717) is 5.56 Å². The van der Waals surface area contributed by atoms with E-state index in [2.05, 4.69) is 0 Å². The van der Waals surface area contributed by atoms with Crippen LogP contribution in [0.15, 0.2) is 18.2 Å². The van der Waals surface area contributed by atoms with Gasteiger partial charge in [-0.05, 0) is 18.1 Å². The van der Waals surface area contributed by atoms with Gasteiger partial charge < -0.3 is 10.5 Å². The van der Waals surface area contributed by atoms with Crippen molar-refractivity contribution in [2.75, 3.05) is 13.8 Å². The van der Waals surface area contributed by atoms with E-state index in [1.807, 2.05) is 0 Å². The fraction of sp³-hybridized carbons (Fsp3) is 0.400. The van der Waals surface area contributed by atoms with E-state index in [0.717, 1.165) is 0 Å². The van der Waals surface area contributed by atoms with Gasteiger partial charge in [0.1, 0.15) is 0 Å². The van der Waals surface area contributed by atoms with Crippen LogP contribution in [0.3, 0.4) is 0 Å². The second kappa shape index (κ2) is 7.03. The highest BCUT2D eigenvalue weighted by Crippen LogP contribution is 2.29. The first-order chi connectivity index (χ1) is 7.60. The Morgan fingerprint density at radius 1 is 1.59 bits per heavy atom. The van der Waals surface area contributed by atoms with Gasteiger partial charge in [-0.2, -0.15) is 0 Å². The van der Waals surface area contributed by atoms with Crippen LogP contribution >= 0.6 is 12.4 Å². The predicted octanol–water partition coefficient (Wildman–Crippen LogP) is 2.38. The van der Waals surface area contributed by atoms with Crippen LogP contribution in [-0.4, -0.2) is 18.7 Å². The third-order valence-corrected chi connectivity index (χ3v) is 2.25. The van der Waals surface area contributed by atoms with E-state index in [-0.39, 0.29) is 30.3 Å². The number of halogens is 2. The molecule has 17 heavy (non-hydrogen) atoms. The van der Waals surface area contributed by atoms with Gasteiger partial charge in [0.25, 0.3) is 0 Å². The number of alkyl halides is 1. The number of hydrogen-bond donors (Lipinski definition) is 1. The third-order valence-electron chi connectivity index (χ3n) is 2.25. The molecule has 0 aromatic heterocycles. The smallest absolute Gasteiger partial charge is 0.311 e. The maximum Gasteiger partial charge on any atom is 0.311 e. The molecule has 0 unspecified atom stereocenters. The maximum atomic E-state index is 12.1. The van der Waals surface area contributed by atoms with Crippen LogP contribution in [-0.2, 0) is 0 Å². The van der Waals surface area contributed by atoms with Crippen molar-refractivity contribution >= 4 is 18.1 Å². The van der Waals surface area contributed by atoms with Gasteiger partial charge in [-0.15, -0.1) is 12.4 Å². The lowest BCUT2D eigenvalue weighted by Crippen LogP contribution is -2.11. The number of hydrogen-bond acceptors (Lipinski definition) is 4. The van der Waals surface area contributed by atoms with Crippen LogP contribution in [0.4, 0.5) is 10.1 Å². The molecule has 0 spiro atoms. The molecule has 2 N–H and O–H groups in total. The van der Waals surface area contributed by atoms with Crippen LogP contribution in [0.2, 0.25) is 0 Å². The molecular weight excluding hydrogens is 251 g/mol. The van der Waals surface area contributed by atoms with Crippen molar-refractivity contribution < 1.29 is 14.1 Å². The number of benzene rings is 1. The van der Waals surface area contributed by atoms with Crippen molar-refractivity contribution in [1.82, 2.24) is 0 Å². The fourth-order valence-electron chi connectivity index (χ4n) is 1.36. The topological polar surface area (TPSA) is 78.4 Å². The molecule has 0 aliphatic rings. The lowest BCUT2D eigenvalue weighted by Gasteiger charge is -2.10. The molecule has 0 amide bonds. The van der Waals surface area contributed by atoms with Crippen molar-refractivity contribution in [3.63, 3.8) is 0 Å². The lowest BCUT2D eigenvalue weighted by atomic mass is 10.0. The number of nitrogens with zero attached hydrogens (tertiary/aromatic N) is 1. The van der Waals surface area contributed by atoms with E-state index in [9.17, 15) is 14.5 Å². The first-order valence-electron chi connectivity index (χ1n) is 4.74. The Bertz CT molecular complexity index is 390. The summed E-state index contributed by atoms with van der Waals surface area (Å²) in [5.41, 5.74) is 6.04. The largest absolute Gasteiger partial charge is 0.490 e. The van der Waals surface area contributed by atoms with Gasteiger partial charge in [0.2, 0.25) is 0 Å². The zero-order valence-corrected chi connectivity index (χ0v) is 10.1. The van der Waals surface area contributed by atoms with Gasteiger partial charge in [0.15, 0.2) is 5.75 Å². The van der Waals surface area contributed by atoms with Crippen molar-refractivity contribution in [2.24, 2.45) is 5.73 Å². The molecule has 5 nitrogen and oxygen atoms in total. The first-order valence-corrected chi connectivity index (χ1v) is 4.74. The van der Waals surface area contributed by atoms with Crippen LogP contribution in [0, 0.1) is 10.1 Å². The summed E-state index contributed by atoms with van der Waals surface area (Å²) in [4.78, 5) is 10.2. The molecule has 0 aliphatic heterocycles. The summed E-state index contributed by atoms with van der Waals surface area (Å²) in [6, 6.07) is 3.85. The summed E-state index contributed by atoms with van der Waals surface area (Å²) in [6.45, 7) is -0.555. The number of nitro groups is 1. The number of nitro benzene ring substituents is 1. The molecule has 1 atom stereocenters. The van der Waals surface area contributed by atoms with Gasteiger partial charge in [-0.3, -0.25) is 14.5 Å². The molecule has 96 valence electrons. The minimum absolute atomic E-state index is 0. The van der Waals surface area contributed by atoms with Gasteiger partial charge >= 0.3 is 5.69 Å². The standard InChI is InChI=1S/C10H13FN2O3.ClH/c1-16-10-3-2-7(8(12)4-5-11)6-9(10)13(14)15;/h2-3,6,8H,4-5,12H2,1H3;1H/t8-;/m1./s1. The Labute approximate surface area is 104 Å². The van der Waals surface area contributed by atoms with Crippen LogP contribution < -0.4 is 10.5 Å². The molecule has 1 aromatic rings. The Morgan fingerprint density at radius 3 is 2.71 bits per heavy atom. The average molecular weight is 265 g/mol. The number of rotatable bonds is 5. The molecule has 0 heterocycles. The summed E-state index contributed by atoms with van der Waals surface area (Å²) in [7, 11) is 1.35. The first kappa shape index (κ1) is 15.6. The Kier molecular flexibility index (Phi) is 6.45. The summed E-state index contributed by atoms with van der Waals surface area (Å²) in [5.74, 6) is 0.168. The predicted molar refractivity (Wildman–Crippen MR) is 64.4 cm³/mol. The van der Waals surface area contributed by atoms with Crippen molar-refractivity contribution in [1.29, 1.82) is 0 Å². The Morgan fingerprint density at radius 2 is 2.24 bits per heavy atom. The Hall–Kier alpha value is -1.40. The number of methoxy groups -OCH3 is 1. The van der Waals surface area contributed by atoms with Crippen LogP contribution in [0.5, 0.6) is 5.75 Å². The zero-order chi connectivity index (χ0) is 12.1. The molecule has 0 fully saturated rings. The van der Waals surface area contributed by atoms with E-state index < -0.39 is 17.6 Å². The van der Waals surface area contributed by atoms with Crippen LogP contribution in [0.25, 0.3) is 0 Å². The summed E-state index contributed by atoms with van der Waals surface area (Å²) in [5, 5.41) is 10.7. The lowest BCUT2D eigenvalue weighted by molar-refractivity contribution is -0.385. The molecule has 0 bridgehead atoms. The fourth-order valence-corrected chi connectivity index (χ4v) is 1.36. The number of ether oxygens (including phenoxy) is 1. The minimum atomic E-state index is -0.555. The van der Waals surface area contributed by atoms with Gasteiger partial charge in [0.05, 0.1) is 18.7 Å². The second-order valence-electron chi connectivity index (χ2n) is 3.27.